The van der Waals surface area contributed by atoms with Gasteiger partial charge in [0.2, 0.25) is 0 Å². The molecule has 0 bridgehead atoms. The third-order valence-corrected chi connectivity index (χ3v) is 3.55. The number of aliphatic hydroxyl groups is 1. The molecule has 0 heterocycles. The highest BCUT2D eigenvalue weighted by atomic mass is 32.2. The van der Waals surface area contributed by atoms with E-state index in [-0.39, 0.29) is 12.5 Å². The molecule has 0 saturated heterocycles. The summed E-state index contributed by atoms with van der Waals surface area (Å²) in [6.07, 6.45) is 0.782. The topological polar surface area (TPSA) is 84.6 Å². The zero-order valence-electron chi connectivity index (χ0n) is 11.0. The molecule has 1 rings (SSSR count). The predicted octanol–water partition coefficient (Wildman–Crippen LogP) is 1.12. The Balaban J connectivity index is 2.37. The van der Waals surface area contributed by atoms with Crippen LogP contribution in [0, 0.1) is 0 Å². The van der Waals surface area contributed by atoms with Crippen molar-refractivity contribution in [3.63, 3.8) is 0 Å². The van der Waals surface area contributed by atoms with E-state index in [1.54, 1.807) is 37.1 Å². The van der Waals surface area contributed by atoms with Gasteiger partial charge in [0.05, 0.1) is 12.7 Å². The Hall–Kier alpha value is -1.40. The van der Waals surface area contributed by atoms with Crippen LogP contribution in [0.5, 0.6) is 5.75 Å². The molecule has 1 aromatic rings. The van der Waals surface area contributed by atoms with Gasteiger partial charge in [0.1, 0.15) is 5.75 Å². The first kappa shape index (κ1) is 15.7. The quantitative estimate of drug-likeness (QED) is 0.492. The van der Waals surface area contributed by atoms with Crippen molar-refractivity contribution in [1.82, 2.24) is 5.32 Å². The first-order valence-corrected chi connectivity index (χ1v) is 7.25. The van der Waals surface area contributed by atoms with E-state index in [9.17, 15) is 4.79 Å². The highest BCUT2D eigenvalue weighted by Crippen LogP contribution is 2.19. The lowest BCUT2D eigenvalue weighted by atomic mass is 10.1. The van der Waals surface area contributed by atoms with Crippen LogP contribution in [0.3, 0.4) is 0 Å². The van der Waals surface area contributed by atoms with Crippen LogP contribution < -0.4 is 15.8 Å². The molecule has 0 radical (unpaired) electrons. The third kappa shape index (κ3) is 5.40. The van der Waals surface area contributed by atoms with Gasteiger partial charge in [-0.25, -0.2) is 0 Å². The van der Waals surface area contributed by atoms with Crippen LogP contribution in [0.1, 0.15) is 16.8 Å². The maximum atomic E-state index is 11.9. The van der Waals surface area contributed by atoms with Crippen LogP contribution in [0.25, 0.3) is 0 Å². The van der Waals surface area contributed by atoms with Crippen LogP contribution >= 0.6 is 11.8 Å². The average molecular weight is 284 g/mol. The van der Waals surface area contributed by atoms with E-state index >= 15 is 0 Å². The van der Waals surface area contributed by atoms with Crippen molar-refractivity contribution in [3.05, 3.63) is 23.8 Å². The van der Waals surface area contributed by atoms with Gasteiger partial charge in [-0.15, -0.1) is 0 Å². The number of benzene rings is 1. The zero-order valence-corrected chi connectivity index (χ0v) is 11.8. The number of carbonyl (C=O) groups is 1. The average Bonchev–Trinajstić information content (AvgIpc) is 2.42. The Morgan fingerprint density at radius 1 is 1.47 bits per heavy atom. The van der Waals surface area contributed by atoms with E-state index in [0.717, 1.165) is 17.9 Å². The molecule has 6 heteroatoms. The smallest absolute Gasteiger partial charge is 0.253 e. The van der Waals surface area contributed by atoms with E-state index in [1.165, 1.54) is 0 Å². The number of hydrogen-bond donors (Lipinski definition) is 3. The number of carbonyl (C=O) groups excluding carboxylic acids is 1. The largest absolute Gasteiger partial charge is 0.497 e. The summed E-state index contributed by atoms with van der Waals surface area (Å²) < 4.78 is 5.03. The Kier molecular flexibility index (Phi) is 7.14. The van der Waals surface area contributed by atoms with Crippen molar-refractivity contribution in [1.29, 1.82) is 0 Å². The summed E-state index contributed by atoms with van der Waals surface area (Å²) >= 11 is 1.70. The maximum absolute atomic E-state index is 11.9. The van der Waals surface area contributed by atoms with Crippen LogP contribution in [0.4, 0.5) is 5.69 Å². The minimum absolute atomic E-state index is 0.178. The van der Waals surface area contributed by atoms with Gasteiger partial charge >= 0.3 is 0 Å². The van der Waals surface area contributed by atoms with Crippen LogP contribution in [0.2, 0.25) is 0 Å². The maximum Gasteiger partial charge on any atom is 0.253 e. The fourth-order valence-corrected chi connectivity index (χ4v) is 2.26. The molecule has 0 saturated carbocycles. The van der Waals surface area contributed by atoms with E-state index in [4.69, 9.17) is 15.6 Å². The molecule has 0 unspecified atom stereocenters. The van der Waals surface area contributed by atoms with Gasteiger partial charge in [-0.3, -0.25) is 4.79 Å². The number of anilines is 1. The summed E-state index contributed by atoms with van der Waals surface area (Å²) in [5, 5.41) is 11.4. The van der Waals surface area contributed by atoms with Gasteiger partial charge in [0.15, 0.2) is 0 Å². The number of methoxy groups -OCH3 is 1. The molecule has 4 N–H and O–H groups in total. The van der Waals surface area contributed by atoms with Crippen molar-refractivity contribution < 1.29 is 14.6 Å². The number of hydrogen-bond acceptors (Lipinski definition) is 5. The Morgan fingerprint density at radius 2 is 2.26 bits per heavy atom. The van der Waals surface area contributed by atoms with Gasteiger partial charge in [-0.2, -0.15) is 11.8 Å². The number of aliphatic hydroxyl groups excluding tert-OH is 1. The second-order valence-electron chi connectivity index (χ2n) is 3.90. The number of thioether (sulfide) groups is 1. The first-order chi connectivity index (χ1) is 9.19. The summed E-state index contributed by atoms with van der Waals surface area (Å²) in [7, 11) is 1.55. The van der Waals surface area contributed by atoms with E-state index < -0.39 is 0 Å². The molecule has 1 aromatic carbocycles. The van der Waals surface area contributed by atoms with E-state index in [2.05, 4.69) is 5.32 Å². The fourth-order valence-electron chi connectivity index (χ4n) is 1.48. The highest BCUT2D eigenvalue weighted by Gasteiger charge is 2.09. The lowest BCUT2D eigenvalue weighted by molar-refractivity contribution is 0.0957. The summed E-state index contributed by atoms with van der Waals surface area (Å²) in [5.41, 5.74) is 6.66. The van der Waals surface area contributed by atoms with E-state index in [1.807, 2.05) is 0 Å². The van der Waals surface area contributed by atoms with E-state index in [0.29, 0.717) is 23.5 Å². The number of ether oxygens (including phenoxy) is 1. The molecular formula is C13H20N2O3S. The number of amides is 1. The predicted molar refractivity (Wildman–Crippen MR) is 78.8 cm³/mol. The first-order valence-electron chi connectivity index (χ1n) is 6.09. The number of nitrogens with one attached hydrogen (secondary N) is 1. The number of nitrogen functional groups attached to an aromatic ring is 1. The second-order valence-corrected chi connectivity index (χ2v) is 5.12. The zero-order chi connectivity index (χ0) is 14.1. The molecule has 5 nitrogen and oxygen atoms in total. The van der Waals surface area contributed by atoms with Gasteiger partial charge < -0.3 is 20.9 Å². The molecule has 106 valence electrons. The van der Waals surface area contributed by atoms with Gasteiger partial charge in [-0.05, 0) is 24.3 Å². The van der Waals surface area contributed by atoms with Crippen LogP contribution in [0.15, 0.2) is 18.2 Å². The lowest BCUT2D eigenvalue weighted by Gasteiger charge is -2.08. The Bertz CT molecular complexity index is 413. The standard InChI is InChI=1S/C13H20N2O3S/c1-18-10-3-4-11(12(14)9-10)13(17)15-5-8-19-7-2-6-16/h3-4,9,16H,2,5-8,14H2,1H3,(H,15,17). The van der Waals surface area contributed by atoms with Crippen molar-refractivity contribution in [2.24, 2.45) is 0 Å². The molecule has 0 aromatic heterocycles. The molecule has 0 aliphatic rings. The SMILES string of the molecule is COc1ccc(C(=O)NCCSCCCO)c(N)c1. The van der Waals surface area contributed by atoms with Gasteiger partial charge in [0.25, 0.3) is 5.91 Å². The summed E-state index contributed by atoms with van der Waals surface area (Å²) in [4.78, 5) is 11.9. The molecule has 0 atom stereocenters. The Labute approximate surface area is 117 Å². The molecule has 0 fully saturated rings. The second kappa shape index (κ2) is 8.66. The minimum Gasteiger partial charge on any atom is -0.497 e. The number of rotatable bonds is 8. The normalized spacial score (nSPS) is 10.2. The molecule has 0 aliphatic heterocycles. The summed E-state index contributed by atoms with van der Waals surface area (Å²) in [5.74, 6) is 2.18. The summed E-state index contributed by atoms with van der Waals surface area (Å²) in [6.45, 7) is 0.794. The summed E-state index contributed by atoms with van der Waals surface area (Å²) in [6, 6.07) is 4.99. The fraction of sp³-hybridized carbons (Fsp3) is 0.462. The molecular weight excluding hydrogens is 264 g/mol. The molecule has 1 amide bonds. The van der Waals surface area contributed by atoms with Crippen LogP contribution in [-0.4, -0.2) is 42.8 Å². The lowest BCUT2D eigenvalue weighted by Crippen LogP contribution is -2.26. The van der Waals surface area contributed by atoms with Crippen molar-refractivity contribution in [2.45, 2.75) is 6.42 Å². The van der Waals surface area contributed by atoms with Gasteiger partial charge in [0, 0.05) is 30.7 Å². The molecule has 0 spiro atoms. The number of nitrogens with two attached hydrogens (primary N) is 1. The molecule has 19 heavy (non-hydrogen) atoms. The molecule has 0 aliphatic carbocycles. The Morgan fingerprint density at radius 3 is 2.89 bits per heavy atom. The third-order valence-electron chi connectivity index (χ3n) is 2.48. The van der Waals surface area contributed by atoms with Crippen molar-refractivity contribution in [3.8, 4) is 5.75 Å². The highest BCUT2D eigenvalue weighted by molar-refractivity contribution is 7.99. The van der Waals surface area contributed by atoms with Crippen molar-refractivity contribution in [2.75, 3.05) is 37.5 Å². The minimum atomic E-state index is -0.178. The van der Waals surface area contributed by atoms with Crippen molar-refractivity contribution >= 4 is 23.4 Å². The monoisotopic (exact) mass is 284 g/mol. The van der Waals surface area contributed by atoms with Crippen LogP contribution in [-0.2, 0) is 0 Å². The van der Waals surface area contributed by atoms with Gasteiger partial charge in [-0.1, -0.05) is 0 Å².